The monoisotopic (exact) mass is 433 g/mol. The number of benzene rings is 1. The summed E-state index contributed by atoms with van der Waals surface area (Å²) in [5.74, 6) is 0.726. The number of nitrogens with one attached hydrogen (secondary N) is 1. The number of aromatic amines is 1. The summed E-state index contributed by atoms with van der Waals surface area (Å²) in [5.41, 5.74) is 2.62. The van der Waals surface area contributed by atoms with Crippen molar-refractivity contribution in [2.45, 2.75) is 18.9 Å². The van der Waals surface area contributed by atoms with Crippen LogP contribution in [0.25, 0.3) is 16.9 Å². The van der Waals surface area contributed by atoms with Gasteiger partial charge in [-0.1, -0.05) is 29.8 Å². The molecule has 3 aromatic heterocycles. The predicted octanol–water partition coefficient (Wildman–Crippen LogP) is 2.49. The molecule has 1 N–H and O–H groups in total. The molecule has 2 unspecified atom stereocenters. The summed E-state index contributed by atoms with van der Waals surface area (Å²) in [6, 6.07) is 11.7. The second kappa shape index (κ2) is 7.83. The summed E-state index contributed by atoms with van der Waals surface area (Å²) < 4.78 is 14.8. The van der Waals surface area contributed by atoms with Gasteiger partial charge in [0, 0.05) is 25.0 Å². The minimum atomic E-state index is -0.439. The summed E-state index contributed by atoms with van der Waals surface area (Å²) in [6.07, 6.45) is 2.57. The molecule has 8 nitrogen and oxygen atoms in total. The lowest BCUT2D eigenvalue weighted by Gasteiger charge is -2.25. The SMILES string of the molecule is Cc1ccc(C2CN(c3nc4c(cnn4-c4ccc(F)cn4)c(=O)[nH]3)CC2N(C)C)cc1. The van der Waals surface area contributed by atoms with Crippen molar-refractivity contribution >= 4 is 17.0 Å². The van der Waals surface area contributed by atoms with Crippen molar-refractivity contribution in [3.05, 3.63) is 76.1 Å². The Hall–Kier alpha value is -3.59. The average molecular weight is 433 g/mol. The number of aryl methyl sites for hydroxylation is 1. The number of hydrogen-bond donors (Lipinski definition) is 1. The van der Waals surface area contributed by atoms with Crippen molar-refractivity contribution in [2.75, 3.05) is 32.1 Å². The Morgan fingerprint density at radius 3 is 2.56 bits per heavy atom. The van der Waals surface area contributed by atoms with Crippen molar-refractivity contribution < 1.29 is 4.39 Å². The molecule has 32 heavy (non-hydrogen) atoms. The van der Waals surface area contributed by atoms with Crippen molar-refractivity contribution in [1.29, 1.82) is 0 Å². The van der Waals surface area contributed by atoms with Crippen molar-refractivity contribution in [2.24, 2.45) is 0 Å². The van der Waals surface area contributed by atoms with Gasteiger partial charge in [-0.3, -0.25) is 9.78 Å². The summed E-state index contributed by atoms with van der Waals surface area (Å²) in [7, 11) is 4.15. The number of pyridine rings is 1. The molecule has 1 fully saturated rings. The smallest absolute Gasteiger partial charge is 0.263 e. The Kier molecular flexibility index (Phi) is 4.97. The van der Waals surface area contributed by atoms with Gasteiger partial charge in [-0.15, -0.1) is 0 Å². The molecule has 0 amide bonds. The van der Waals surface area contributed by atoms with Crippen LogP contribution in [0.2, 0.25) is 0 Å². The summed E-state index contributed by atoms with van der Waals surface area (Å²) >= 11 is 0. The Balaban J connectivity index is 1.54. The second-order valence-electron chi connectivity index (χ2n) is 8.47. The van der Waals surface area contributed by atoms with Gasteiger partial charge in [-0.05, 0) is 38.7 Å². The van der Waals surface area contributed by atoms with Crippen LogP contribution in [0.3, 0.4) is 0 Å². The Morgan fingerprint density at radius 1 is 1.09 bits per heavy atom. The van der Waals surface area contributed by atoms with Crippen LogP contribution in [0.15, 0.2) is 53.6 Å². The number of nitrogens with zero attached hydrogens (tertiary/aromatic N) is 6. The van der Waals surface area contributed by atoms with E-state index >= 15 is 0 Å². The van der Waals surface area contributed by atoms with E-state index in [0.717, 1.165) is 19.3 Å². The standard InChI is InChI=1S/C23H24FN7O/c1-14-4-6-15(7-5-14)18-12-30(13-19(18)29(2)3)23-27-21-17(22(32)28-23)11-26-31(21)20-9-8-16(24)10-25-20/h4-11,18-19H,12-13H2,1-3H3,(H,27,28,32). The Morgan fingerprint density at radius 2 is 1.88 bits per heavy atom. The molecule has 5 rings (SSSR count). The third-order valence-electron chi connectivity index (χ3n) is 6.11. The van der Waals surface area contributed by atoms with Crippen LogP contribution in [-0.2, 0) is 0 Å². The lowest BCUT2D eigenvalue weighted by Crippen LogP contribution is -2.35. The first kappa shape index (κ1) is 20.3. The number of halogens is 1. The maximum absolute atomic E-state index is 13.3. The van der Waals surface area contributed by atoms with Gasteiger partial charge in [0.25, 0.3) is 5.56 Å². The number of likely N-dealkylation sites (N-methyl/N-ethyl adjacent to an activating group) is 1. The molecule has 2 atom stereocenters. The molecule has 1 saturated heterocycles. The topological polar surface area (TPSA) is 82.9 Å². The fourth-order valence-corrected chi connectivity index (χ4v) is 4.34. The summed E-state index contributed by atoms with van der Waals surface area (Å²) in [4.78, 5) is 28.8. The predicted molar refractivity (Wildman–Crippen MR) is 121 cm³/mol. The molecule has 0 aliphatic carbocycles. The van der Waals surface area contributed by atoms with E-state index < -0.39 is 5.82 Å². The molecule has 1 aliphatic heterocycles. The fraction of sp³-hybridized carbons (Fsp3) is 0.304. The molecular weight excluding hydrogens is 409 g/mol. The lowest BCUT2D eigenvalue weighted by molar-refractivity contribution is 0.292. The van der Waals surface area contributed by atoms with Crippen molar-refractivity contribution in [1.82, 2.24) is 29.6 Å². The van der Waals surface area contributed by atoms with E-state index in [2.05, 4.69) is 70.2 Å². The Bertz CT molecular complexity index is 1310. The van der Waals surface area contributed by atoms with Crippen LogP contribution in [0.4, 0.5) is 10.3 Å². The van der Waals surface area contributed by atoms with Crippen LogP contribution in [0.1, 0.15) is 17.0 Å². The largest absolute Gasteiger partial charge is 0.340 e. The van der Waals surface area contributed by atoms with Crippen LogP contribution in [0, 0.1) is 12.7 Å². The van der Waals surface area contributed by atoms with Crippen molar-refractivity contribution in [3.63, 3.8) is 0 Å². The highest BCUT2D eigenvalue weighted by Crippen LogP contribution is 2.32. The third kappa shape index (κ3) is 3.54. The molecule has 1 aromatic carbocycles. The van der Waals surface area contributed by atoms with Gasteiger partial charge in [0.1, 0.15) is 11.2 Å². The minimum absolute atomic E-state index is 0.265. The molecular formula is C23H24FN7O. The number of rotatable bonds is 4. The van der Waals surface area contributed by atoms with E-state index in [9.17, 15) is 9.18 Å². The van der Waals surface area contributed by atoms with Gasteiger partial charge in [-0.2, -0.15) is 14.8 Å². The van der Waals surface area contributed by atoms with Crippen molar-refractivity contribution in [3.8, 4) is 5.82 Å². The molecule has 1 aliphatic rings. The van der Waals surface area contributed by atoms with E-state index in [0.29, 0.717) is 22.8 Å². The van der Waals surface area contributed by atoms with Gasteiger partial charge in [0.2, 0.25) is 5.95 Å². The number of hydrogen-bond acceptors (Lipinski definition) is 6. The van der Waals surface area contributed by atoms with Crippen LogP contribution in [0.5, 0.6) is 0 Å². The highest BCUT2D eigenvalue weighted by Gasteiger charge is 2.36. The number of anilines is 1. The van der Waals surface area contributed by atoms with Crippen LogP contribution < -0.4 is 10.5 Å². The summed E-state index contributed by atoms with van der Waals surface area (Å²) in [5, 5.41) is 4.62. The van der Waals surface area contributed by atoms with Gasteiger partial charge < -0.3 is 9.80 Å². The fourth-order valence-electron chi connectivity index (χ4n) is 4.34. The number of H-pyrrole nitrogens is 1. The maximum Gasteiger partial charge on any atom is 0.263 e. The average Bonchev–Trinajstić information content (AvgIpc) is 3.40. The first-order valence-electron chi connectivity index (χ1n) is 10.5. The normalized spacial score (nSPS) is 18.7. The van der Waals surface area contributed by atoms with Gasteiger partial charge in [-0.25, -0.2) is 9.37 Å². The summed E-state index contributed by atoms with van der Waals surface area (Å²) in [6.45, 7) is 3.53. The molecule has 0 spiro atoms. The molecule has 0 saturated carbocycles. The molecule has 0 radical (unpaired) electrons. The van der Waals surface area contributed by atoms with E-state index in [-0.39, 0.29) is 17.5 Å². The number of aromatic nitrogens is 5. The van der Waals surface area contributed by atoms with Gasteiger partial charge in [0.15, 0.2) is 11.5 Å². The molecule has 9 heteroatoms. The first-order chi connectivity index (χ1) is 15.4. The zero-order valence-electron chi connectivity index (χ0n) is 18.2. The van der Waals surface area contributed by atoms with Crippen LogP contribution >= 0.6 is 0 Å². The number of fused-ring (bicyclic) bond motifs is 1. The van der Waals surface area contributed by atoms with E-state index in [4.69, 9.17) is 4.98 Å². The highest BCUT2D eigenvalue weighted by atomic mass is 19.1. The zero-order chi connectivity index (χ0) is 22.4. The Labute approximate surface area is 184 Å². The van der Waals surface area contributed by atoms with Crippen LogP contribution in [-0.4, -0.2) is 62.9 Å². The van der Waals surface area contributed by atoms with E-state index in [1.165, 1.54) is 34.1 Å². The van der Waals surface area contributed by atoms with E-state index in [1.54, 1.807) is 0 Å². The highest BCUT2D eigenvalue weighted by molar-refractivity contribution is 5.76. The van der Waals surface area contributed by atoms with Gasteiger partial charge in [0.05, 0.1) is 12.4 Å². The lowest BCUT2D eigenvalue weighted by atomic mass is 9.93. The zero-order valence-corrected chi connectivity index (χ0v) is 18.2. The molecule has 4 heterocycles. The van der Waals surface area contributed by atoms with Gasteiger partial charge >= 0.3 is 0 Å². The molecule has 164 valence electrons. The second-order valence-corrected chi connectivity index (χ2v) is 8.47. The van der Waals surface area contributed by atoms with E-state index in [1.807, 2.05) is 0 Å². The minimum Gasteiger partial charge on any atom is -0.340 e. The maximum atomic E-state index is 13.3. The molecule has 0 bridgehead atoms. The first-order valence-corrected chi connectivity index (χ1v) is 10.5. The quantitative estimate of drug-likeness (QED) is 0.533. The third-order valence-corrected chi connectivity index (χ3v) is 6.11. The molecule has 4 aromatic rings.